The molecule has 1 aromatic carbocycles. The Balaban J connectivity index is 1.52. The SMILES string of the molecule is C=C1c2ccccc2C(=O)N1CCC(=O)OCc1nc(C(C)(C)C)no1. The second kappa shape index (κ2) is 6.74. The predicted octanol–water partition coefficient (Wildman–Crippen LogP) is 2.93. The highest BCUT2D eigenvalue weighted by Gasteiger charge is 2.30. The lowest BCUT2D eigenvalue weighted by molar-refractivity contribution is -0.145. The fraction of sp³-hybridized carbons (Fsp3) is 0.368. The summed E-state index contributed by atoms with van der Waals surface area (Å²) in [7, 11) is 0. The van der Waals surface area contributed by atoms with Gasteiger partial charge < -0.3 is 14.2 Å². The zero-order chi connectivity index (χ0) is 18.9. The largest absolute Gasteiger partial charge is 0.456 e. The highest BCUT2D eigenvalue weighted by molar-refractivity contribution is 6.08. The van der Waals surface area contributed by atoms with Crippen molar-refractivity contribution >= 4 is 17.6 Å². The maximum atomic E-state index is 12.4. The summed E-state index contributed by atoms with van der Waals surface area (Å²) in [6.45, 7) is 9.96. The number of esters is 1. The topological polar surface area (TPSA) is 85.5 Å². The average molecular weight is 355 g/mol. The highest BCUT2D eigenvalue weighted by atomic mass is 16.6. The van der Waals surface area contributed by atoms with E-state index in [0.29, 0.717) is 17.1 Å². The fourth-order valence-corrected chi connectivity index (χ4v) is 2.61. The monoisotopic (exact) mass is 355 g/mol. The number of hydrogen-bond donors (Lipinski definition) is 0. The molecular weight excluding hydrogens is 334 g/mol. The number of fused-ring (bicyclic) bond motifs is 1. The summed E-state index contributed by atoms with van der Waals surface area (Å²) in [6.07, 6.45) is 0.0546. The van der Waals surface area contributed by atoms with Crippen molar-refractivity contribution < 1.29 is 18.8 Å². The van der Waals surface area contributed by atoms with Crippen LogP contribution in [0.5, 0.6) is 0 Å². The number of nitrogens with zero attached hydrogens (tertiary/aromatic N) is 3. The number of aromatic nitrogens is 2. The van der Waals surface area contributed by atoms with E-state index in [9.17, 15) is 9.59 Å². The van der Waals surface area contributed by atoms with Crippen molar-refractivity contribution in [1.82, 2.24) is 15.0 Å². The van der Waals surface area contributed by atoms with Crippen LogP contribution in [-0.4, -0.2) is 33.5 Å². The molecule has 0 bridgehead atoms. The molecule has 3 rings (SSSR count). The van der Waals surface area contributed by atoms with Crippen molar-refractivity contribution in [2.75, 3.05) is 6.54 Å². The first-order valence-electron chi connectivity index (χ1n) is 8.36. The molecular formula is C19H21N3O4. The molecule has 2 heterocycles. The number of benzene rings is 1. The van der Waals surface area contributed by atoms with E-state index in [1.807, 2.05) is 32.9 Å². The summed E-state index contributed by atoms with van der Waals surface area (Å²) < 4.78 is 10.2. The van der Waals surface area contributed by atoms with E-state index in [0.717, 1.165) is 5.56 Å². The summed E-state index contributed by atoms with van der Waals surface area (Å²) >= 11 is 0. The van der Waals surface area contributed by atoms with E-state index in [1.54, 1.807) is 12.1 Å². The van der Waals surface area contributed by atoms with Crippen LogP contribution in [-0.2, 0) is 21.6 Å². The van der Waals surface area contributed by atoms with Crippen molar-refractivity contribution in [1.29, 1.82) is 0 Å². The molecule has 1 amide bonds. The molecule has 0 atom stereocenters. The Labute approximate surface area is 151 Å². The standard InChI is InChI=1S/C19H21N3O4/c1-12-13-7-5-6-8-14(13)17(24)22(12)10-9-16(23)25-11-15-20-18(21-26-15)19(2,3)4/h5-8H,1,9-11H2,2-4H3. The number of hydrogen-bond acceptors (Lipinski definition) is 6. The van der Waals surface area contributed by atoms with Crippen LogP contribution in [0.1, 0.15) is 54.8 Å². The van der Waals surface area contributed by atoms with Crippen molar-refractivity contribution in [3.63, 3.8) is 0 Å². The Hall–Kier alpha value is -2.96. The van der Waals surface area contributed by atoms with Gasteiger partial charge in [0.25, 0.3) is 11.8 Å². The molecule has 1 aliphatic heterocycles. The van der Waals surface area contributed by atoms with Crippen LogP contribution >= 0.6 is 0 Å². The first-order chi connectivity index (χ1) is 12.3. The van der Waals surface area contributed by atoms with Crippen LogP contribution in [0.3, 0.4) is 0 Å². The summed E-state index contributed by atoms with van der Waals surface area (Å²) in [5, 5.41) is 3.88. The van der Waals surface area contributed by atoms with Gasteiger partial charge in [0.15, 0.2) is 12.4 Å². The third-order valence-corrected chi connectivity index (χ3v) is 4.07. The van der Waals surface area contributed by atoms with Crippen LogP contribution in [0.15, 0.2) is 35.4 Å². The summed E-state index contributed by atoms with van der Waals surface area (Å²) in [4.78, 5) is 30.1. The molecule has 0 unspecified atom stereocenters. The summed E-state index contributed by atoms with van der Waals surface area (Å²) in [6, 6.07) is 7.25. The molecule has 0 radical (unpaired) electrons. The maximum absolute atomic E-state index is 12.4. The molecule has 1 aliphatic rings. The third kappa shape index (κ3) is 3.51. The normalized spacial score (nSPS) is 13.9. The average Bonchev–Trinajstić information content (AvgIpc) is 3.17. The molecule has 0 saturated carbocycles. The Kier molecular flexibility index (Phi) is 4.63. The van der Waals surface area contributed by atoms with Gasteiger partial charge in [0.05, 0.1) is 6.42 Å². The van der Waals surface area contributed by atoms with Gasteiger partial charge in [-0.1, -0.05) is 50.7 Å². The molecule has 0 fully saturated rings. The van der Waals surface area contributed by atoms with Gasteiger partial charge >= 0.3 is 5.97 Å². The zero-order valence-electron chi connectivity index (χ0n) is 15.1. The Morgan fingerprint density at radius 3 is 2.58 bits per heavy atom. The molecule has 0 aliphatic carbocycles. The molecule has 26 heavy (non-hydrogen) atoms. The third-order valence-electron chi connectivity index (χ3n) is 4.07. The van der Waals surface area contributed by atoms with Crippen LogP contribution in [0.25, 0.3) is 5.70 Å². The lowest BCUT2D eigenvalue weighted by Crippen LogP contribution is -2.26. The summed E-state index contributed by atoms with van der Waals surface area (Å²) in [5.74, 6) is 0.208. The molecule has 2 aromatic rings. The number of ether oxygens (including phenoxy) is 1. The van der Waals surface area contributed by atoms with Gasteiger partial charge in [0.2, 0.25) is 0 Å². The van der Waals surface area contributed by atoms with Gasteiger partial charge in [0.1, 0.15) is 0 Å². The van der Waals surface area contributed by atoms with E-state index >= 15 is 0 Å². The van der Waals surface area contributed by atoms with Gasteiger partial charge in [0, 0.05) is 28.8 Å². The number of amides is 1. The molecule has 0 N–H and O–H groups in total. The smallest absolute Gasteiger partial charge is 0.308 e. The van der Waals surface area contributed by atoms with Gasteiger partial charge in [-0.05, 0) is 6.07 Å². The Morgan fingerprint density at radius 1 is 1.27 bits per heavy atom. The highest BCUT2D eigenvalue weighted by Crippen LogP contribution is 2.31. The van der Waals surface area contributed by atoms with Crippen molar-refractivity contribution in [2.24, 2.45) is 0 Å². The summed E-state index contributed by atoms with van der Waals surface area (Å²) in [5.41, 5.74) is 1.76. The van der Waals surface area contributed by atoms with Crippen molar-refractivity contribution in [3.05, 3.63) is 53.7 Å². The second-order valence-electron chi connectivity index (χ2n) is 7.12. The van der Waals surface area contributed by atoms with Gasteiger partial charge in [-0.3, -0.25) is 9.59 Å². The molecule has 0 saturated heterocycles. The minimum atomic E-state index is -0.447. The van der Waals surface area contributed by atoms with Crippen molar-refractivity contribution in [3.8, 4) is 0 Å². The number of carbonyl (C=O) groups excluding carboxylic acids is 2. The van der Waals surface area contributed by atoms with Gasteiger partial charge in [-0.25, -0.2) is 0 Å². The molecule has 0 spiro atoms. The van der Waals surface area contributed by atoms with E-state index in [2.05, 4.69) is 16.7 Å². The van der Waals surface area contributed by atoms with Crippen LogP contribution in [0, 0.1) is 0 Å². The lowest BCUT2D eigenvalue weighted by Gasteiger charge is -2.16. The zero-order valence-corrected chi connectivity index (χ0v) is 15.1. The fourth-order valence-electron chi connectivity index (χ4n) is 2.61. The van der Waals surface area contributed by atoms with E-state index in [-0.39, 0.29) is 36.8 Å². The maximum Gasteiger partial charge on any atom is 0.308 e. The minimum Gasteiger partial charge on any atom is -0.456 e. The Bertz CT molecular complexity index is 829. The van der Waals surface area contributed by atoms with Crippen LogP contribution in [0.2, 0.25) is 0 Å². The Morgan fingerprint density at radius 2 is 1.96 bits per heavy atom. The minimum absolute atomic E-state index is 0.0546. The van der Waals surface area contributed by atoms with E-state index < -0.39 is 5.97 Å². The number of carbonyl (C=O) groups is 2. The molecule has 7 heteroatoms. The van der Waals surface area contributed by atoms with E-state index in [4.69, 9.17) is 9.26 Å². The first kappa shape index (κ1) is 17.8. The quantitative estimate of drug-likeness (QED) is 0.767. The van der Waals surface area contributed by atoms with Gasteiger partial charge in [-0.15, -0.1) is 0 Å². The lowest BCUT2D eigenvalue weighted by atomic mass is 9.96. The molecule has 7 nitrogen and oxygen atoms in total. The van der Waals surface area contributed by atoms with Crippen LogP contribution < -0.4 is 0 Å². The second-order valence-corrected chi connectivity index (χ2v) is 7.12. The van der Waals surface area contributed by atoms with Crippen LogP contribution in [0.4, 0.5) is 0 Å². The van der Waals surface area contributed by atoms with Gasteiger partial charge in [-0.2, -0.15) is 4.98 Å². The molecule has 1 aromatic heterocycles. The molecule has 136 valence electrons. The van der Waals surface area contributed by atoms with Crippen molar-refractivity contribution in [2.45, 2.75) is 39.2 Å². The number of rotatable bonds is 5. The first-order valence-corrected chi connectivity index (χ1v) is 8.36. The van der Waals surface area contributed by atoms with E-state index in [1.165, 1.54) is 4.90 Å². The predicted molar refractivity (Wildman–Crippen MR) is 93.9 cm³/mol.